The summed E-state index contributed by atoms with van der Waals surface area (Å²) in [5.74, 6) is 1.86. The molecule has 0 unspecified atom stereocenters. The number of Topliss-reactive ketones (excluding diaryl/α,β-unsaturated/α-hetero) is 1. The Kier molecular flexibility index (Phi) is 9.17. The number of hydrogen-bond donors (Lipinski definition) is 0. The molecule has 8 nitrogen and oxygen atoms in total. The molecule has 1 aromatic heterocycles. The predicted molar refractivity (Wildman–Crippen MR) is 144 cm³/mol. The van der Waals surface area contributed by atoms with E-state index in [2.05, 4.69) is 26.9 Å². The highest BCUT2D eigenvalue weighted by molar-refractivity contribution is 9.09. The zero-order valence-electron chi connectivity index (χ0n) is 21.4. The van der Waals surface area contributed by atoms with Crippen molar-refractivity contribution in [1.29, 1.82) is 5.26 Å². The average Bonchev–Trinajstić information content (AvgIpc) is 3.75. The van der Waals surface area contributed by atoms with Crippen molar-refractivity contribution in [3.05, 3.63) is 52.7 Å². The van der Waals surface area contributed by atoms with Gasteiger partial charge in [0.05, 0.1) is 29.6 Å². The molecular formula is C28H33BrN4O4. The summed E-state index contributed by atoms with van der Waals surface area (Å²) in [6.45, 7) is 4.60. The van der Waals surface area contributed by atoms with Gasteiger partial charge < -0.3 is 19.3 Å². The van der Waals surface area contributed by atoms with Gasteiger partial charge >= 0.3 is 0 Å². The molecule has 37 heavy (non-hydrogen) atoms. The second kappa shape index (κ2) is 12.5. The number of ether oxygens (including phenoxy) is 2. The highest BCUT2D eigenvalue weighted by atomic mass is 79.9. The molecule has 1 saturated carbocycles. The molecule has 1 amide bonds. The van der Waals surface area contributed by atoms with Gasteiger partial charge in [0, 0.05) is 51.2 Å². The van der Waals surface area contributed by atoms with Gasteiger partial charge in [-0.15, -0.1) is 0 Å². The number of methoxy groups -OCH3 is 1. The van der Waals surface area contributed by atoms with E-state index in [1.165, 1.54) is 0 Å². The lowest BCUT2D eigenvalue weighted by molar-refractivity contribution is -0.134. The number of halogens is 1. The highest BCUT2D eigenvalue weighted by Crippen LogP contribution is 2.45. The Morgan fingerprint density at radius 2 is 2.00 bits per heavy atom. The Morgan fingerprint density at radius 1 is 1.22 bits per heavy atom. The van der Waals surface area contributed by atoms with E-state index < -0.39 is 0 Å². The molecule has 2 aliphatic rings. The van der Waals surface area contributed by atoms with Crippen LogP contribution in [-0.2, 0) is 27.4 Å². The predicted octanol–water partition coefficient (Wildman–Crippen LogP) is 3.99. The van der Waals surface area contributed by atoms with Crippen LogP contribution in [-0.4, -0.2) is 66.3 Å². The Hall–Kier alpha value is -2.96. The lowest BCUT2D eigenvalue weighted by Gasteiger charge is -2.40. The zero-order chi connectivity index (χ0) is 26.4. The number of piperazine rings is 1. The van der Waals surface area contributed by atoms with Gasteiger partial charge in [-0.3, -0.25) is 9.59 Å². The standard InChI is InChI=1S/C28H33BrN4O4/c1-19-17-32(9-10-33(19)26(35)8-11-36-2)28-23(16-30)14-25(27(31-28)22-6-7-22)37-18-21-5-3-4-20(12-21)13-24(34)15-29/h3-5,12,14,19,22H,6-11,13,15,17-18H2,1-2H3/t19-/m1/s1. The number of carbonyl (C=O) groups is 2. The summed E-state index contributed by atoms with van der Waals surface area (Å²) in [5.41, 5.74) is 3.29. The molecule has 1 atom stereocenters. The minimum atomic E-state index is 0.00968. The molecular weight excluding hydrogens is 536 g/mol. The molecule has 1 aliphatic carbocycles. The van der Waals surface area contributed by atoms with E-state index in [1.807, 2.05) is 42.2 Å². The van der Waals surface area contributed by atoms with Crippen LogP contribution < -0.4 is 9.64 Å². The van der Waals surface area contributed by atoms with Gasteiger partial charge in [-0.25, -0.2) is 4.98 Å². The summed E-state index contributed by atoms with van der Waals surface area (Å²) < 4.78 is 11.3. The zero-order valence-corrected chi connectivity index (χ0v) is 23.0. The van der Waals surface area contributed by atoms with Crippen LogP contribution in [0.15, 0.2) is 30.3 Å². The normalized spacial score (nSPS) is 17.4. The summed E-state index contributed by atoms with van der Waals surface area (Å²) in [4.78, 5) is 33.3. The molecule has 1 aromatic carbocycles. The molecule has 2 fully saturated rings. The van der Waals surface area contributed by atoms with Gasteiger partial charge in [0.1, 0.15) is 30.0 Å². The molecule has 4 rings (SSSR count). The average molecular weight is 570 g/mol. The summed E-state index contributed by atoms with van der Waals surface area (Å²) in [5, 5.41) is 10.3. The number of nitrogens with zero attached hydrogens (tertiary/aromatic N) is 4. The van der Waals surface area contributed by atoms with Gasteiger partial charge in [-0.1, -0.05) is 40.2 Å². The van der Waals surface area contributed by atoms with Gasteiger partial charge in [0.15, 0.2) is 0 Å². The number of carbonyl (C=O) groups excluding carboxylic acids is 2. The monoisotopic (exact) mass is 568 g/mol. The largest absolute Gasteiger partial charge is 0.487 e. The van der Waals surface area contributed by atoms with Crippen molar-refractivity contribution in [1.82, 2.24) is 9.88 Å². The van der Waals surface area contributed by atoms with Crippen LogP contribution in [0.5, 0.6) is 5.75 Å². The van der Waals surface area contributed by atoms with Crippen LogP contribution in [0.2, 0.25) is 0 Å². The van der Waals surface area contributed by atoms with E-state index in [4.69, 9.17) is 14.5 Å². The maximum atomic E-state index is 12.5. The fraction of sp³-hybridized carbons (Fsp3) is 0.500. The number of amides is 1. The second-order valence-corrected chi connectivity index (χ2v) is 10.3. The van der Waals surface area contributed by atoms with Crippen molar-refractivity contribution >= 4 is 33.4 Å². The number of benzene rings is 1. The Labute approximate surface area is 226 Å². The minimum Gasteiger partial charge on any atom is -0.487 e. The summed E-state index contributed by atoms with van der Waals surface area (Å²) in [6.07, 6.45) is 2.86. The van der Waals surface area contributed by atoms with Crippen molar-refractivity contribution in [2.45, 2.75) is 51.2 Å². The Bertz CT molecular complexity index is 1180. The van der Waals surface area contributed by atoms with Crippen molar-refractivity contribution in [2.75, 3.05) is 43.6 Å². The first kappa shape index (κ1) is 27.1. The number of hydrogen-bond acceptors (Lipinski definition) is 7. The molecule has 0 bridgehead atoms. The summed E-state index contributed by atoms with van der Waals surface area (Å²) in [7, 11) is 1.60. The molecule has 196 valence electrons. The van der Waals surface area contributed by atoms with E-state index >= 15 is 0 Å². The van der Waals surface area contributed by atoms with Crippen LogP contribution in [0.1, 0.15) is 54.5 Å². The maximum Gasteiger partial charge on any atom is 0.225 e. The summed E-state index contributed by atoms with van der Waals surface area (Å²) in [6, 6.07) is 12.0. The molecule has 2 heterocycles. The maximum absolute atomic E-state index is 12.5. The van der Waals surface area contributed by atoms with Crippen LogP contribution in [0.25, 0.3) is 0 Å². The fourth-order valence-corrected chi connectivity index (χ4v) is 4.90. The number of alkyl halides is 1. The third kappa shape index (κ3) is 6.88. The third-order valence-corrected chi connectivity index (χ3v) is 7.41. The van der Waals surface area contributed by atoms with Crippen LogP contribution in [0.4, 0.5) is 5.82 Å². The number of rotatable bonds is 11. The molecule has 0 radical (unpaired) electrons. The Morgan fingerprint density at radius 3 is 2.68 bits per heavy atom. The fourth-order valence-electron chi connectivity index (χ4n) is 4.71. The van der Waals surface area contributed by atoms with Gasteiger partial charge in [-0.05, 0) is 30.9 Å². The summed E-state index contributed by atoms with van der Waals surface area (Å²) >= 11 is 3.22. The molecule has 9 heteroatoms. The minimum absolute atomic E-state index is 0.00968. The van der Waals surface area contributed by atoms with Gasteiger partial charge in [-0.2, -0.15) is 5.26 Å². The van der Waals surface area contributed by atoms with Crippen molar-refractivity contribution < 1.29 is 19.1 Å². The highest BCUT2D eigenvalue weighted by Gasteiger charge is 2.33. The van der Waals surface area contributed by atoms with E-state index in [1.54, 1.807) is 7.11 Å². The first-order valence-electron chi connectivity index (χ1n) is 12.7. The van der Waals surface area contributed by atoms with Crippen molar-refractivity contribution in [3.63, 3.8) is 0 Å². The van der Waals surface area contributed by atoms with E-state index in [0.717, 1.165) is 29.7 Å². The van der Waals surface area contributed by atoms with Gasteiger partial charge in [0.2, 0.25) is 5.91 Å². The van der Waals surface area contributed by atoms with E-state index in [9.17, 15) is 14.9 Å². The van der Waals surface area contributed by atoms with Crippen LogP contribution in [0.3, 0.4) is 0 Å². The second-order valence-electron chi connectivity index (χ2n) is 9.71. The number of nitriles is 1. The smallest absolute Gasteiger partial charge is 0.225 e. The van der Waals surface area contributed by atoms with Crippen molar-refractivity contribution in [2.24, 2.45) is 0 Å². The SMILES string of the molecule is COCCC(=O)N1CCN(c2nc(C3CC3)c(OCc3cccc(CC(=O)CBr)c3)cc2C#N)C[C@H]1C. The van der Waals surface area contributed by atoms with E-state index in [-0.39, 0.29) is 17.7 Å². The third-order valence-electron chi connectivity index (χ3n) is 6.78. The van der Waals surface area contributed by atoms with Crippen LogP contribution >= 0.6 is 15.9 Å². The lowest BCUT2D eigenvalue weighted by atomic mass is 10.1. The van der Waals surface area contributed by atoms with E-state index in [0.29, 0.717) is 74.1 Å². The number of pyridine rings is 1. The molecule has 0 spiro atoms. The van der Waals surface area contributed by atoms with Crippen LogP contribution in [0, 0.1) is 11.3 Å². The number of anilines is 1. The molecule has 0 N–H and O–H groups in total. The van der Waals surface area contributed by atoms with Gasteiger partial charge in [0.25, 0.3) is 0 Å². The topological polar surface area (TPSA) is 95.8 Å². The molecule has 1 aliphatic heterocycles. The molecule has 2 aromatic rings. The van der Waals surface area contributed by atoms with Crippen molar-refractivity contribution in [3.8, 4) is 11.8 Å². The first-order chi connectivity index (χ1) is 17.9. The Balaban J connectivity index is 1.50. The quantitative estimate of drug-likeness (QED) is 0.378. The number of aromatic nitrogens is 1. The lowest BCUT2D eigenvalue weighted by Crippen LogP contribution is -2.54. The number of ketones is 1. The first-order valence-corrected chi connectivity index (χ1v) is 13.8. The molecule has 1 saturated heterocycles.